The Morgan fingerprint density at radius 1 is 0.951 bits per heavy atom. The van der Waals surface area contributed by atoms with Crippen molar-refractivity contribution in [2.24, 2.45) is 5.92 Å². The lowest BCUT2D eigenvalue weighted by molar-refractivity contribution is 0.292. The summed E-state index contributed by atoms with van der Waals surface area (Å²) in [4.78, 5) is 14.8. The molecule has 0 radical (unpaired) electrons. The van der Waals surface area contributed by atoms with E-state index >= 15 is 0 Å². The van der Waals surface area contributed by atoms with Crippen LogP contribution in [0.5, 0.6) is 0 Å². The Labute approximate surface area is 254 Å². The number of aromatic nitrogens is 2. The van der Waals surface area contributed by atoms with Crippen LogP contribution in [-0.4, -0.2) is 41.3 Å². The van der Waals surface area contributed by atoms with Gasteiger partial charge in [-0.25, -0.2) is 0 Å². The molecule has 0 spiro atoms. The van der Waals surface area contributed by atoms with Gasteiger partial charge in [-0.1, -0.05) is 74.2 Å². The fourth-order valence-corrected chi connectivity index (χ4v) is 7.25. The van der Waals surface area contributed by atoms with Gasteiger partial charge in [0.25, 0.3) is 0 Å². The van der Waals surface area contributed by atoms with Crippen molar-refractivity contribution in [1.82, 2.24) is 15.3 Å². The largest absolute Gasteiger partial charge is 0.361 e. The molecule has 2 N–H and O–H groups in total. The summed E-state index contributed by atoms with van der Waals surface area (Å²) in [5.74, 6) is 3.15. The van der Waals surface area contributed by atoms with Crippen LogP contribution in [0, 0.1) is 5.92 Å². The SMILES string of the molecule is CC1CCCN(c2cc(N3CCc4ccccc4C3)nc(NC(=S)NCC3(c4cccc(Cl)c4)CCCCC3)n2)C1. The zero-order valence-electron chi connectivity index (χ0n) is 24.0. The van der Waals surface area contributed by atoms with E-state index < -0.39 is 0 Å². The minimum atomic E-state index is 0.0217. The monoisotopic (exact) mass is 588 g/mol. The van der Waals surface area contributed by atoms with Gasteiger partial charge < -0.3 is 20.4 Å². The van der Waals surface area contributed by atoms with Gasteiger partial charge in [-0.3, -0.25) is 0 Å². The first-order chi connectivity index (χ1) is 20.0. The first kappa shape index (κ1) is 28.2. The average molecular weight is 589 g/mol. The second-order valence-electron chi connectivity index (χ2n) is 12.2. The maximum Gasteiger partial charge on any atom is 0.232 e. The number of anilines is 3. The normalized spacial score (nSPS) is 20.3. The van der Waals surface area contributed by atoms with Gasteiger partial charge in [-0.05, 0) is 79.1 Å². The highest BCUT2D eigenvalue weighted by molar-refractivity contribution is 7.80. The number of nitrogens with zero attached hydrogens (tertiary/aromatic N) is 4. The summed E-state index contributed by atoms with van der Waals surface area (Å²) in [7, 11) is 0. The first-order valence-electron chi connectivity index (χ1n) is 15.2. The summed E-state index contributed by atoms with van der Waals surface area (Å²) in [6.45, 7) is 6.92. The number of hydrogen-bond acceptors (Lipinski definition) is 5. The molecule has 1 saturated carbocycles. The van der Waals surface area contributed by atoms with E-state index in [2.05, 4.69) is 75.9 Å². The topological polar surface area (TPSA) is 56.3 Å². The zero-order valence-corrected chi connectivity index (χ0v) is 25.6. The highest BCUT2D eigenvalue weighted by atomic mass is 35.5. The molecule has 1 saturated heterocycles. The van der Waals surface area contributed by atoms with E-state index in [0.29, 0.717) is 17.0 Å². The van der Waals surface area contributed by atoms with Crippen molar-refractivity contribution in [3.05, 3.63) is 76.3 Å². The highest BCUT2D eigenvalue weighted by Gasteiger charge is 2.34. The predicted octanol–water partition coefficient (Wildman–Crippen LogP) is 7.12. The van der Waals surface area contributed by atoms with E-state index in [1.54, 1.807) is 0 Å². The van der Waals surface area contributed by atoms with E-state index in [9.17, 15) is 0 Å². The Hall–Kier alpha value is -2.90. The molecule has 216 valence electrons. The van der Waals surface area contributed by atoms with E-state index in [1.807, 2.05) is 6.07 Å². The van der Waals surface area contributed by atoms with Gasteiger partial charge >= 0.3 is 0 Å². The van der Waals surface area contributed by atoms with Crippen LogP contribution in [0.15, 0.2) is 54.6 Å². The van der Waals surface area contributed by atoms with Crippen molar-refractivity contribution in [2.75, 3.05) is 41.3 Å². The summed E-state index contributed by atoms with van der Waals surface area (Å²) < 4.78 is 0. The zero-order chi connectivity index (χ0) is 28.2. The maximum atomic E-state index is 6.41. The Bertz CT molecular complexity index is 1370. The summed E-state index contributed by atoms with van der Waals surface area (Å²) in [6.07, 6.45) is 9.45. The molecular weight excluding hydrogens is 548 g/mol. The summed E-state index contributed by atoms with van der Waals surface area (Å²) >= 11 is 12.3. The van der Waals surface area contributed by atoms with Crippen molar-refractivity contribution < 1.29 is 0 Å². The van der Waals surface area contributed by atoms with Gasteiger partial charge in [-0.2, -0.15) is 9.97 Å². The number of halogens is 1. The second-order valence-corrected chi connectivity index (χ2v) is 13.0. The molecule has 1 aliphatic carbocycles. The molecule has 3 aliphatic rings. The number of piperidine rings is 1. The lowest BCUT2D eigenvalue weighted by atomic mass is 9.69. The van der Waals surface area contributed by atoms with Gasteiger partial charge in [0.15, 0.2) is 5.11 Å². The Morgan fingerprint density at radius 2 is 1.73 bits per heavy atom. The predicted molar refractivity (Wildman–Crippen MR) is 174 cm³/mol. The smallest absolute Gasteiger partial charge is 0.232 e. The van der Waals surface area contributed by atoms with E-state index in [1.165, 1.54) is 48.8 Å². The molecule has 8 heteroatoms. The van der Waals surface area contributed by atoms with Crippen LogP contribution in [-0.2, 0) is 18.4 Å². The van der Waals surface area contributed by atoms with Gasteiger partial charge in [0.2, 0.25) is 5.95 Å². The minimum Gasteiger partial charge on any atom is -0.361 e. The van der Waals surface area contributed by atoms with Crippen LogP contribution >= 0.6 is 23.8 Å². The molecule has 2 aromatic carbocycles. The minimum absolute atomic E-state index is 0.0217. The molecule has 2 fully saturated rings. The fourth-order valence-electron chi connectivity index (χ4n) is 6.90. The first-order valence-corrected chi connectivity index (χ1v) is 16.0. The maximum absolute atomic E-state index is 6.41. The molecule has 3 aromatic rings. The van der Waals surface area contributed by atoms with Crippen LogP contribution < -0.4 is 20.4 Å². The quantitative estimate of drug-likeness (QED) is 0.297. The molecular formula is C33H41ClN6S. The number of rotatable bonds is 6. The van der Waals surface area contributed by atoms with Crippen LogP contribution in [0.2, 0.25) is 5.02 Å². The molecule has 2 aliphatic heterocycles. The van der Waals surface area contributed by atoms with Crippen LogP contribution in [0.4, 0.5) is 17.6 Å². The lowest BCUT2D eigenvalue weighted by Gasteiger charge is -2.38. The van der Waals surface area contributed by atoms with Gasteiger partial charge in [0, 0.05) is 49.2 Å². The van der Waals surface area contributed by atoms with Crippen molar-refractivity contribution >= 4 is 46.5 Å². The molecule has 6 rings (SSSR count). The summed E-state index contributed by atoms with van der Waals surface area (Å²) in [5, 5.41) is 8.27. The molecule has 1 unspecified atom stereocenters. The molecule has 1 aromatic heterocycles. The number of fused-ring (bicyclic) bond motifs is 1. The Morgan fingerprint density at radius 3 is 2.51 bits per heavy atom. The average Bonchev–Trinajstić information content (AvgIpc) is 3.00. The lowest BCUT2D eigenvalue weighted by Crippen LogP contribution is -2.43. The standard InChI is InChI=1S/C33H41ClN6S/c1-24-9-8-17-39(21-24)29-20-30(40-18-14-25-10-3-4-11-26(25)22-40)37-31(36-29)38-32(41)35-23-33(15-5-2-6-16-33)27-12-7-13-28(34)19-27/h3-4,7,10-13,19-20,24H,2,5-6,8-9,14-18,21-23H2,1H3,(H2,35,36,37,38,41). The number of hydrogen-bond donors (Lipinski definition) is 2. The van der Waals surface area contributed by atoms with Crippen LogP contribution in [0.1, 0.15) is 68.6 Å². The van der Waals surface area contributed by atoms with E-state index in [0.717, 1.165) is 68.6 Å². The molecule has 1 atom stereocenters. The van der Waals surface area contributed by atoms with Crippen molar-refractivity contribution in [1.29, 1.82) is 0 Å². The highest BCUT2D eigenvalue weighted by Crippen LogP contribution is 2.40. The van der Waals surface area contributed by atoms with Crippen LogP contribution in [0.3, 0.4) is 0 Å². The van der Waals surface area contributed by atoms with E-state index in [4.69, 9.17) is 33.8 Å². The third-order valence-electron chi connectivity index (χ3n) is 9.20. The van der Waals surface area contributed by atoms with Gasteiger partial charge in [-0.15, -0.1) is 0 Å². The molecule has 41 heavy (non-hydrogen) atoms. The molecule has 3 heterocycles. The Kier molecular flexibility index (Phi) is 8.63. The van der Waals surface area contributed by atoms with Crippen molar-refractivity contribution in [3.63, 3.8) is 0 Å². The molecule has 0 bridgehead atoms. The molecule has 6 nitrogen and oxygen atoms in total. The van der Waals surface area contributed by atoms with E-state index in [-0.39, 0.29) is 5.41 Å². The summed E-state index contributed by atoms with van der Waals surface area (Å²) in [5.41, 5.74) is 4.12. The van der Waals surface area contributed by atoms with Gasteiger partial charge in [0.05, 0.1) is 0 Å². The number of benzene rings is 2. The fraction of sp³-hybridized carbons (Fsp3) is 0.485. The molecule has 0 amide bonds. The number of thiocarbonyl (C=S) groups is 1. The van der Waals surface area contributed by atoms with Gasteiger partial charge in [0.1, 0.15) is 11.6 Å². The van der Waals surface area contributed by atoms with Crippen molar-refractivity contribution in [3.8, 4) is 0 Å². The third-order valence-corrected chi connectivity index (χ3v) is 9.68. The third kappa shape index (κ3) is 6.62. The van der Waals surface area contributed by atoms with Crippen molar-refractivity contribution in [2.45, 2.75) is 70.3 Å². The Balaban J connectivity index is 1.22. The summed E-state index contributed by atoms with van der Waals surface area (Å²) in [6, 6.07) is 19.3. The number of nitrogens with one attached hydrogen (secondary N) is 2. The van der Waals surface area contributed by atoms with Crippen LogP contribution in [0.25, 0.3) is 0 Å². The second kappa shape index (κ2) is 12.5.